The predicted molar refractivity (Wildman–Crippen MR) is 71.5 cm³/mol. The highest BCUT2D eigenvalue weighted by Crippen LogP contribution is 2.25. The third kappa shape index (κ3) is 3.98. The smallest absolute Gasteiger partial charge is 0.312 e. The molecule has 3 nitrogen and oxygen atoms in total. The van der Waals surface area contributed by atoms with Gasteiger partial charge in [-0.05, 0) is 37.8 Å². The fraction of sp³-hybridized carbons (Fsp3) is 0.583. The number of nitrogens with one attached hydrogen (secondary N) is 1. The predicted octanol–water partition coefficient (Wildman–Crippen LogP) is 3.25. The minimum Gasteiger partial charge on any atom is -0.469 e. The molecule has 0 spiro atoms. The maximum atomic E-state index is 11.5. The highest BCUT2D eigenvalue weighted by molar-refractivity contribution is 7.14. The molecule has 0 fully saturated rings. The molecule has 17 heavy (non-hydrogen) atoms. The summed E-state index contributed by atoms with van der Waals surface area (Å²) in [7, 11) is 1.41. The van der Waals surface area contributed by atoms with E-state index in [1.807, 2.05) is 32.2 Å². The van der Waals surface area contributed by atoms with E-state index in [2.05, 4.69) is 5.32 Å². The molecule has 0 aliphatic rings. The molecule has 0 saturated carbocycles. The van der Waals surface area contributed by atoms with E-state index >= 15 is 0 Å². The zero-order valence-corrected chi connectivity index (χ0v) is 12.1. The minimum absolute atomic E-state index is 0.169. The Kier molecular flexibility index (Phi) is 4.98. The van der Waals surface area contributed by atoms with Crippen LogP contribution >= 0.6 is 22.9 Å². The first-order chi connectivity index (χ1) is 7.86. The van der Waals surface area contributed by atoms with Crippen LogP contribution in [0.15, 0.2) is 11.4 Å². The van der Waals surface area contributed by atoms with Gasteiger partial charge in [0.15, 0.2) is 0 Å². The Hall–Kier alpha value is -0.580. The lowest BCUT2D eigenvalue weighted by atomic mass is 9.93. The average Bonchev–Trinajstić information content (AvgIpc) is 2.71. The first-order valence-corrected chi connectivity index (χ1v) is 6.68. The maximum Gasteiger partial charge on any atom is 0.312 e. The average molecular weight is 276 g/mol. The van der Waals surface area contributed by atoms with Gasteiger partial charge in [0.05, 0.1) is 16.9 Å². The van der Waals surface area contributed by atoms with Crippen LogP contribution in [0.5, 0.6) is 0 Å². The van der Waals surface area contributed by atoms with Crippen LogP contribution in [-0.4, -0.2) is 19.6 Å². The number of hydrogen-bond donors (Lipinski definition) is 1. The Balaban J connectivity index is 2.53. The molecule has 1 N–H and O–H groups in total. The summed E-state index contributed by atoms with van der Waals surface area (Å²) >= 11 is 7.39. The fourth-order valence-corrected chi connectivity index (χ4v) is 2.41. The van der Waals surface area contributed by atoms with Crippen LogP contribution < -0.4 is 5.32 Å². The fourth-order valence-electron chi connectivity index (χ4n) is 1.43. The van der Waals surface area contributed by atoms with E-state index in [0.717, 1.165) is 9.90 Å². The Bertz CT molecular complexity index is 390. The summed E-state index contributed by atoms with van der Waals surface area (Å²) in [6, 6.07) is 2.11. The van der Waals surface area contributed by atoms with E-state index in [4.69, 9.17) is 16.3 Å². The van der Waals surface area contributed by atoms with E-state index in [1.54, 1.807) is 0 Å². The van der Waals surface area contributed by atoms with Gasteiger partial charge >= 0.3 is 5.97 Å². The first-order valence-electron chi connectivity index (χ1n) is 5.42. The molecule has 0 amide bonds. The standard InChI is InChI=1S/C12H18ClNO2S/c1-8(9-5-10(13)17-6-9)14-7-12(2,3)11(15)16-4/h5-6,8,14H,7H2,1-4H3. The zero-order chi connectivity index (χ0) is 13.1. The summed E-state index contributed by atoms with van der Waals surface area (Å²) in [5, 5.41) is 5.33. The second kappa shape index (κ2) is 5.85. The van der Waals surface area contributed by atoms with Gasteiger partial charge in [-0.25, -0.2) is 0 Å². The molecule has 0 aliphatic heterocycles. The number of carbonyl (C=O) groups excluding carboxylic acids is 1. The van der Waals surface area contributed by atoms with E-state index in [9.17, 15) is 4.79 Å². The van der Waals surface area contributed by atoms with Crippen LogP contribution in [0, 0.1) is 5.41 Å². The number of hydrogen-bond acceptors (Lipinski definition) is 4. The van der Waals surface area contributed by atoms with Gasteiger partial charge < -0.3 is 10.1 Å². The number of rotatable bonds is 5. The Labute approximate surface area is 111 Å². The largest absolute Gasteiger partial charge is 0.469 e. The molecule has 1 rings (SSSR count). The minimum atomic E-state index is -0.525. The Morgan fingerprint density at radius 1 is 1.65 bits per heavy atom. The molecular formula is C12H18ClNO2S. The molecule has 1 aromatic rings. The summed E-state index contributed by atoms with van der Waals surface area (Å²) in [4.78, 5) is 11.5. The van der Waals surface area contributed by atoms with Gasteiger partial charge in [0.2, 0.25) is 0 Å². The van der Waals surface area contributed by atoms with Gasteiger partial charge in [-0.15, -0.1) is 11.3 Å². The summed E-state index contributed by atoms with van der Waals surface area (Å²) in [6.45, 7) is 6.33. The molecule has 96 valence electrons. The number of carbonyl (C=O) groups is 1. The molecule has 1 heterocycles. The van der Waals surface area contributed by atoms with Crippen LogP contribution in [-0.2, 0) is 9.53 Å². The van der Waals surface area contributed by atoms with Crippen molar-refractivity contribution in [1.82, 2.24) is 5.32 Å². The van der Waals surface area contributed by atoms with Gasteiger partial charge in [0, 0.05) is 12.6 Å². The monoisotopic (exact) mass is 275 g/mol. The molecule has 5 heteroatoms. The second-order valence-corrected chi connectivity index (χ2v) is 6.20. The summed E-state index contributed by atoms with van der Waals surface area (Å²) in [6.07, 6.45) is 0. The van der Waals surface area contributed by atoms with Crippen molar-refractivity contribution in [3.05, 3.63) is 21.3 Å². The van der Waals surface area contributed by atoms with E-state index in [0.29, 0.717) is 6.54 Å². The number of ether oxygens (including phenoxy) is 1. The third-order valence-electron chi connectivity index (χ3n) is 2.68. The van der Waals surface area contributed by atoms with Gasteiger partial charge in [0.25, 0.3) is 0 Å². The van der Waals surface area contributed by atoms with Gasteiger partial charge in [-0.3, -0.25) is 4.79 Å². The van der Waals surface area contributed by atoms with Crippen molar-refractivity contribution in [2.45, 2.75) is 26.8 Å². The van der Waals surface area contributed by atoms with Gasteiger partial charge in [-0.1, -0.05) is 11.6 Å². The molecule has 1 aromatic heterocycles. The lowest BCUT2D eigenvalue weighted by Gasteiger charge is -2.24. The lowest BCUT2D eigenvalue weighted by Crippen LogP contribution is -2.37. The zero-order valence-electron chi connectivity index (χ0n) is 10.5. The quantitative estimate of drug-likeness (QED) is 0.839. The van der Waals surface area contributed by atoms with Gasteiger partial charge in [-0.2, -0.15) is 0 Å². The van der Waals surface area contributed by atoms with Crippen molar-refractivity contribution in [2.75, 3.05) is 13.7 Å². The van der Waals surface area contributed by atoms with Crippen molar-refractivity contribution in [1.29, 1.82) is 0 Å². The number of esters is 1. The van der Waals surface area contributed by atoms with Crippen molar-refractivity contribution < 1.29 is 9.53 Å². The maximum absolute atomic E-state index is 11.5. The lowest BCUT2D eigenvalue weighted by molar-refractivity contribution is -0.150. The number of thiophene rings is 1. The van der Waals surface area contributed by atoms with Crippen molar-refractivity contribution in [3.63, 3.8) is 0 Å². The van der Waals surface area contributed by atoms with Crippen LogP contribution in [0.25, 0.3) is 0 Å². The molecule has 0 bridgehead atoms. The molecular weight excluding hydrogens is 258 g/mol. The highest BCUT2D eigenvalue weighted by atomic mass is 35.5. The number of methoxy groups -OCH3 is 1. The SMILES string of the molecule is COC(=O)C(C)(C)CNC(C)c1csc(Cl)c1. The number of halogens is 1. The van der Waals surface area contributed by atoms with Crippen LogP contribution in [0.3, 0.4) is 0 Å². The normalized spacial score (nSPS) is 13.5. The van der Waals surface area contributed by atoms with E-state index in [-0.39, 0.29) is 12.0 Å². The van der Waals surface area contributed by atoms with E-state index < -0.39 is 5.41 Å². The van der Waals surface area contributed by atoms with Crippen molar-refractivity contribution in [2.24, 2.45) is 5.41 Å². The van der Waals surface area contributed by atoms with Gasteiger partial charge in [0.1, 0.15) is 0 Å². The second-order valence-electron chi connectivity index (χ2n) is 4.66. The summed E-state index contributed by atoms with van der Waals surface area (Å²) < 4.78 is 5.54. The Morgan fingerprint density at radius 2 is 2.29 bits per heavy atom. The Morgan fingerprint density at radius 3 is 2.76 bits per heavy atom. The van der Waals surface area contributed by atoms with Crippen LogP contribution in [0.4, 0.5) is 0 Å². The molecule has 0 saturated heterocycles. The summed E-state index contributed by atoms with van der Waals surface area (Å²) in [5.74, 6) is -0.208. The topological polar surface area (TPSA) is 38.3 Å². The van der Waals surface area contributed by atoms with Crippen LogP contribution in [0.1, 0.15) is 32.4 Å². The van der Waals surface area contributed by atoms with Crippen molar-refractivity contribution in [3.8, 4) is 0 Å². The van der Waals surface area contributed by atoms with Crippen molar-refractivity contribution >= 4 is 28.9 Å². The molecule has 1 atom stereocenters. The molecule has 0 aliphatic carbocycles. The molecule has 0 radical (unpaired) electrons. The summed E-state index contributed by atoms with van der Waals surface area (Å²) in [5.41, 5.74) is 0.615. The van der Waals surface area contributed by atoms with Crippen LogP contribution in [0.2, 0.25) is 4.34 Å². The van der Waals surface area contributed by atoms with E-state index in [1.165, 1.54) is 18.4 Å². The molecule has 0 aromatic carbocycles. The third-order valence-corrected chi connectivity index (χ3v) is 3.79. The first kappa shape index (κ1) is 14.5. The highest BCUT2D eigenvalue weighted by Gasteiger charge is 2.28. The molecule has 1 unspecified atom stereocenters.